The van der Waals surface area contributed by atoms with E-state index in [4.69, 9.17) is 9.47 Å². The lowest BCUT2D eigenvalue weighted by molar-refractivity contribution is 0.0516. The van der Waals surface area contributed by atoms with Gasteiger partial charge in [0.1, 0.15) is 0 Å². The SMILES string of the molecule is CCOC(=O)c1ccc(NS(=O)(=O)c2ccc(C(=O)OCC)cc2)cc1. The molecule has 1 N–H and O–H groups in total. The van der Waals surface area contributed by atoms with Crippen molar-refractivity contribution in [1.82, 2.24) is 0 Å². The maximum absolute atomic E-state index is 12.4. The Bertz CT molecular complexity index is 873. The summed E-state index contributed by atoms with van der Waals surface area (Å²) < 4.78 is 37.0. The normalized spacial score (nSPS) is 10.8. The fraction of sp³-hybridized carbons (Fsp3) is 0.222. The molecule has 0 fully saturated rings. The maximum atomic E-state index is 12.4. The topological polar surface area (TPSA) is 98.8 Å². The van der Waals surface area contributed by atoms with E-state index in [1.54, 1.807) is 13.8 Å². The number of carbonyl (C=O) groups is 2. The highest BCUT2D eigenvalue weighted by Gasteiger charge is 2.16. The molecule has 0 heterocycles. The molecule has 0 saturated heterocycles. The minimum atomic E-state index is -3.83. The molecule has 0 aromatic heterocycles. The van der Waals surface area contributed by atoms with Crippen molar-refractivity contribution in [2.75, 3.05) is 17.9 Å². The fourth-order valence-corrected chi connectivity index (χ4v) is 3.15. The molecule has 26 heavy (non-hydrogen) atoms. The Kier molecular flexibility index (Phi) is 6.35. The zero-order chi connectivity index (χ0) is 19.2. The zero-order valence-corrected chi connectivity index (χ0v) is 15.2. The molecule has 2 aromatic rings. The van der Waals surface area contributed by atoms with Crippen LogP contribution >= 0.6 is 0 Å². The number of nitrogens with one attached hydrogen (secondary N) is 1. The lowest BCUT2D eigenvalue weighted by atomic mass is 10.2. The number of hydrogen-bond acceptors (Lipinski definition) is 6. The summed E-state index contributed by atoms with van der Waals surface area (Å²) in [5, 5.41) is 0. The van der Waals surface area contributed by atoms with Gasteiger partial charge < -0.3 is 9.47 Å². The molecule has 0 radical (unpaired) electrons. The molecule has 0 spiro atoms. The Hall–Kier alpha value is -2.87. The van der Waals surface area contributed by atoms with Crippen molar-refractivity contribution in [2.24, 2.45) is 0 Å². The van der Waals surface area contributed by atoms with E-state index in [9.17, 15) is 18.0 Å². The Morgan fingerprint density at radius 3 is 1.65 bits per heavy atom. The molecular weight excluding hydrogens is 358 g/mol. The zero-order valence-electron chi connectivity index (χ0n) is 14.4. The van der Waals surface area contributed by atoms with Gasteiger partial charge in [-0.05, 0) is 62.4 Å². The number of anilines is 1. The van der Waals surface area contributed by atoms with Crippen LogP contribution in [-0.2, 0) is 19.5 Å². The molecule has 0 aliphatic heterocycles. The van der Waals surface area contributed by atoms with Crippen molar-refractivity contribution in [3.8, 4) is 0 Å². The van der Waals surface area contributed by atoms with Crippen LogP contribution in [0.25, 0.3) is 0 Å². The third-order valence-electron chi connectivity index (χ3n) is 3.32. The van der Waals surface area contributed by atoms with Gasteiger partial charge in [0.05, 0.1) is 29.2 Å². The van der Waals surface area contributed by atoms with E-state index in [2.05, 4.69) is 4.72 Å². The molecule has 0 aliphatic rings. The van der Waals surface area contributed by atoms with E-state index < -0.39 is 22.0 Å². The number of ether oxygens (including phenoxy) is 2. The van der Waals surface area contributed by atoms with Crippen LogP contribution in [0.15, 0.2) is 53.4 Å². The van der Waals surface area contributed by atoms with Crippen molar-refractivity contribution in [2.45, 2.75) is 18.7 Å². The predicted molar refractivity (Wildman–Crippen MR) is 95.6 cm³/mol. The highest BCUT2D eigenvalue weighted by atomic mass is 32.2. The molecular formula is C18H19NO6S. The van der Waals surface area contributed by atoms with Crippen LogP contribution in [0.2, 0.25) is 0 Å². The molecule has 138 valence electrons. The maximum Gasteiger partial charge on any atom is 0.338 e. The summed E-state index contributed by atoms with van der Waals surface area (Å²) in [6.07, 6.45) is 0. The van der Waals surface area contributed by atoms with E-state index in [1.165, 1.54) is 48.5 Å². The van der Waals surface area contributed by atoms with E-state index in [0.29, 0.717) is 11.3 Å². The first-order chi connectivity index (χ1) is 12.4. The van der Waals surface area contributed by atoms with Crippen molar-refractivity contribution in [3.05, 3.63) is 59.7 Å². The summed E-state index contributed by atoms with van der Waals surface area (Å²) in [4.78, 5) is 23.2. The quantitative estimate of drug-likeness (QED) is 0.745. The molecule has 2 aromatic carbocycles. The molecule has 0 amide bonds. The van der Waals surface area contributed by atoms with Crippen LogP contribution in [0.4, 0.5) is 5.69 Å². The summed E-state index contributed by atoms with van der Waals surface area (Å²) in [5.74, 6) is -0.990. The van der Waals surface area contributed by atoms with Gasteiger partial charge in [0.2, 0.25) is 0 Å². The van der Waals surface area contributed by atoms with Gasteiger partial charge in [-0.3, -0.25) is 4.72 Å². The minimum Gasteiger partial charge on any atom is -0.462 e. The summed E-state index contributed by atoms with van der Waals surface area (Å²) in [6.45, 7) is 3.89. The van der Waals surface area contributed by atoms with E-state index in [0.717, 1.165) is 0 Å². The van der Waals surface area contributed by atoms with Crippen molar-refractivity contribution in [3.63, 3.8) is 0 Å². The lowest BCUT2D eigenvalue weighted by Gasteiger charge is -2.09. The van der Waals surface area contributed by atoms with E-state index in [1.807, 2.05) is 0 Å². The second-order valence-electron chi connectivity index (χ2n) is 5.15. The van der Waals surface area contributed by atoms with Gasteiger partial charge in [-0.1, -0.05) is 0 Å². The van der Waals surface area contributed by atoms with E-state index in [-0.39, 0.29) is 23.7 Å². The van der Waals surface area contributed by atoms with Gasteiger partial charge in [-0.2, -0.15) is 0 Å². The highest BCUT2D eigenvalue weighted by Crippen LogP contribution is 2.18. The Morgan fingerprint density at radius 2 is 1.23 bits per heavy atom. The second-order valence-corrected chi connectivity index (χ2v) is 6.83. The summed E-state index contributed by atoms with van der Waals surface area (Å²) in [7, 11) is -3.83. The molecule has 7 nitrogen and oxygen atoms in total. The molecule has 0 saturated carbocycles. The Labute approximate surface area is 152 Å². The number of esters is 2. The third kappa shape index (κ3) is 4.82. The van der Waals surface area contributed by atoms with E-state index >= 15 is 0 Å². The molecule has 0 bridgehead atoms. The molecule has 0 unspecified atom stereocenters. The summed E-state index contributed by atoms with van der Waals surface area (Å²) in [6, 6.07) is 11.3. The summed E-state index contributed by atoms with van der Waals surface area (Å²) >= 11 is 0. The molecule has 0 atom stereocenters. The van der Waals surface area contributed by atoms with Crippen LogP contribution in [0, 0.1) is 0 Å². The minimum absolute atomic E-state index is 0.0000164. The number of sulfonamides is 1. The first kappa shape index (κ1) is 19.5. The van der Waals surface area contributed by atoms with Crippen molar-refractivity contribution >= 4 is 27.6 Å². The summed E-state index contributed by atoms with van der Waals surface area (Å²) in [5.41, 5.74) is 0.894. The number of benzene rings is 2. The molecule has 0 aliphatic carbocycles. The Morgan fingerprint density at radius 1 is 0.808 bits per heavy atom. The predicted octanol–water partition coefficient (Wildman–Crippen LogP) is 2.84. The highest BCUT2D eigenvalue weighted by molar-refractivity contribution is 7.92. The van der Waals surface area contributed by atoms with Gasteiger partial charge in [-0.15, -0.1) is 0 Å². The van der Waals surface area contributed by atoms with Gasteiger partial charge in [-0.25, -0.2) is 18.0 Å². The van der Waals surface area contributed by atoms with Gasteiger partial charge in [0.25, 0.3) is 10.0 Å². The third-order valence-corrected chi connectivity index (χ3v) is 4.72. The number of carbonyl (C=O) groups excluding carboxylic acids is 2. The smallest absolute Gasteiger partial charge is 0.338 e. The molecule has 8 heteroatoms. The van der Waals surface area contributed by atoms with Crippen molar-refractivity contribution < 1.29 is 27.5 Å². The number of rotatable bonds is 7. The fourth-order valence-electron chi connectivity index (χ4n) is 2.09. The van der Waals surface area contributed by atoms with Gasteiger partial charge in [0.15, 0.2) is 0 Å². The largest absolute Gasteiger partial charge is 0.462 e. The van der Waals surface area contributed by atoms with Gasteiger partial charge >= 0.3 is 11.9 Å². The standard InChI is InChI=1S/C18H19NO6S/c1-3-24-17(20)13-5-9-15(10-6-13)19-26(22,23)16-11-7-14(8-12-16)18(21)25-4-2/h5-12,19H,3-4H2,1-2H3. The van der Waals surface area contributed by atoms with Crippen LogP contribution in [-0.4, -0.2) is 33.6 Å². The van der Waals surface area contributed by atoms with Crippen molar-refractivity contribution in [1.29, 1.82) is 0 Å². The molecule has 2 rings (SSSR count). The average Bonchev–Trinajstić information content (AvgIpc) is 2.62. The van der Waals surface area contributed by atoms with Crippen LogP contribution < -0.4 is 4.72 Å². The van der Waals surface area contributed by atoms with Crippen LogP contribution in [0.5, 0.6) is 0 Å². The average molecular weight is 377 g/mol. The van der Waals surface area contributed by atoms with Crippen LogP contribution in [0.3, 0.4) is 0 Å². The second kappa shape index (κ2) is 8.48. The monoisotopic (exact) mass is 377 g/mol. The van der Waals surface area contributed by atoms with Gasteiger partial charge in [0, 0.05) is 5.69 Å². The van der Waals surface area contributed by atoms with Crippen LogP contribution in [0.1, 0.15) is 34.6 Å². The first-order valence-electron chi connectivity index (χ1n) is 7.94. The first-order valence-corrected chi connectivity index (χ1v) is 9.43. The number of hydrogen-bond donors (Lipinski definition) is 1. The Balaban J connectivity index is 2.13. The lowest BCUT2D eigenvalue weighted by Crippen LogP contribution is -2.13.